The van der Waals surface area contributed by atoms with E-state index in [1.165, 1.54) is 25.1 Å². The van der Waals surface area contributed by atoms with Crippen LogP contribution in [-0.2, 0) is 4.74 Å². The van der Waals surface area contributed by atoms with Crippen molar-refractivity contribution in [3.8, 4) is 0 Å². The number of nitrogens with zero attached hydrogens (tertiary/aromatic N) is 2. The Morgan fingerprint density at radius 1 is 1.62 bits per heavy atom. The van der Waals surface area contributed by atoms with Gasteiger partial charge in [-0.2, -0.15) is 0 Å². The summed E-state index contributed by atoms with van der Waals surface area (Å²) in [5.41, 5.74) is 0.198. The van der Waals surface area contributed by atoms with Gasteiger partial charge in [0.15, 0.2) is 5.69 Å². The van der Waals surface area contributed by atoms with Crippen LogP contribution in [0.5, 0.6) is 0 Å². The number of aromatic nitrogens is 2. The summed E-state index contributed by atoms with van der Waals surface area (Å²) in [6.45, 7) is 2.12. The average Bonchev–Trinajstić information content (AvgIpc) is 2.28. The second-order valence-electron chi connectivity index (χ2n) is 3.17. The smallest absolute Gasteiger partial charge is 0.358 e. The largest absolute Gasteiger partial charge is 0.464 e. The molecule has 0 bridgehead atoms. The molecule has 0 aliphatic carbocycles. The Bertz CT molecular complexity index is 360. The van der Waals surface area contributed by atoms with Gasteiger partial charge in [-0.1, -0.05) is 6.92 Å². The van der Waals surface area contributed by atoms with Crippen molar-refractivity contribution < 1.29 is 14.6 Å². The van der Waals surface area contributed by atoms with E-state index < -0.39 is 5.97 Å². The lowest BCUT2D eigenvalue weighted by Gasteiger charge is -2.08. The average molecular weight is 242 g/mol. The fraction of sp³-hybridized carbons (Fsp3) is 0.500. The van der Waals surface area contributed by atoms with E-state index in [1.807, 2.05) is 6.92 Å². The van der Waals surface area contributed by atoms with E-state index in [4.69, 9.17) is 5.11 Å². The number of rotatable bonds is 5. The first-order valence-electron chi connectivity index (χ1n) is 4.85. The summed E-state index contributed by atoms with van der Waals surface area (Å²) in [5.74, 6) is -0.496. The maximum atomic E-state index is 11.2. The molecule has 1 unspecified atom stereocenters. The van der Waals surface area contributed by atoms with Crippen LogP contribution in [0.4, 0.5) is 0 Å². The van der Waals surface area contributed by atoms with E-state index in [-0.39, 0.29) is 17.6 Å². The van der Waals surface area contributed by atoms with Crippen LogP contribution in [-0.4, -0.2) is 40.0 Å². The maximum Gasteiger partial charge on any atom is 0.358 e. The molecule has 0 fully saturated rings. The number of aliphatic hydroxyl groups excluding tert-OH is 1. The number of ether oxygens (including phenoxy) is 1. The van der Waals surface area contributed by atoms with Gasteiger partial charge in [0.2, 0.25) is 0 Å². The fourth-order valence-corrected chi connectivity index (χ4v) is 1.96. The van der Waals surface area contributed by atoms with Gasteiger partial charge < -0.3 is 9.84 Å². The van der Waals surface area contributed by atoms with Crippen LogP contribution in [0.3, 0.4) is 0 Å². The molecule has 1 rings (SSSR count). The van der Waals surface area contributed by atoms with Gasteiger partial charge in [0.25, 0.3) is 0 Å². The highest BCUT2D eigenvalue weighted by Gasteiger charge is 2.10. The monoisotopic (exact) mass is 242 g/mol. The number of methoxy groups -OCH3 is 1. The Labute approximate surface area is 98.3 Å². The first-order valence-corrected chi connectivity index (χ1v) is 5.73. The van der Waals surface area contributed by atoms with Crippen LogP contribution in [0.15, 0.2) is 17.4 Å². The Balaban J connectivity index is 2.70. The normalized spacial score (nSPS) is 12.2. The van der Waals surface area contributed by atoms with Crippen molar-refractivity contribution >= 4 is 17.7 Å². The maximum absolute atomic E-state index is 11.2. The number of hydrogen-bond acceptors (Lipinski definition) is 6. The standard InChI is InChI=1S/C10H14N2O3S/c1-7(3-4-13)16-9-6-11-5-8(12-9)10(14)15-2/h5-7,13H,3-4H2,1-2H3. The highest BCUT2D eigenvalue weighted by molar-refractivity contribution is 7.99. The summed E-state index contributed by atoms with van der Waals surface area (Å²) in [6, 6.07) is 0. The van der Waals surface area contributed by atoms with Crippen LogP contribution in [0.25, 0.3) is 0 Å². The molecular weight excluding hydrogens is 228 g/mol. The zero-order valence-electron chi connectivity index (χ0n) is 9.21. The second kappa shape index (κ2) is 6.44. The summed E-state index contributed by atoms with van der Waals surface area (Å²) < 4.78 is 4.55. The van der Waals surface area contributed by atoms with E-state index >= 15 is 0 Å². The van der Waals surface area contributed by atoms with Crippen molar-refractivity contribution in [3.05, 3.63) is 18.1 Å². The zero-order chi connectivity index (χ0) is 12.0. The van der Waals surface area contributed by atoms with Crippen molar-refractivity contribution in [1.82, 2.24) is 9.97 Å². The van der Waals surface area contributed by atoms with Gasteiger partial charge >= 0.3 is 5.97 Å². The van der Waals surface area contributed by atoms with Gasteiger partial charge in [-0.15, -0.1) is 11.8 Å². The predicted octanol–water partition coefficient (Wildman–Crippen LogP) is 1.13. The lowest BCUT2D eigenvalue weighted by molar-refractivity contribution is 0.0592. The highest BCUT2D eigenvalue weighted by atomic mass is 32.2. The number of carbonyl (C=O) groups is 1. The minimum absolute atomic E-state index is 0.137. The topological polar surface area (TPSA) is 72.3 Å². The number of thioether (sulfide) groups is 1. The molecule has 1 aromatic heterocycles. The van der Waals surface area contributed by atoms with Crippen LogP contribution in [0.2, 0.25) is 0 Å². The fourth-order valence-electron chi connectivity index (χ4n) is 1.05. The molecule has 0 amide bonds. The SMILES string of the molecule is COC(=O)c1cncc(SC(C)CCO)n1. The molecule has 5 nitrogen and oxygen atoms in total. The second-order valence-corrected chi connectivity index (χ2v) is 4.63. The number of carbonyl (C=O) groups excluding carboxylic acids is 1. The molecule has 0 aliphatic rings. The van der Waals surface area contributed by atoms with E-state index in [9.17, 15) is 4.79 Å². The van der Waals surface area contributed by atoms with Crippen molar-refractivity contribution in [1.29, 1.82) is 0 Å². The van der Waals surface area contributed by atoms with Crippen LogP contribution in [0.1, 0.15) is 23.8 Å². The van der Waals surface area contributed by atoms with E-state index in [1.54, 1.807) is 6.20 Å². The third-order valence-electron chi connectivity index (χ3n) is 1.86. The lowest BCUT2D eigenvalue weighted by Crippen LogP contribution is -2.06. The molecule has 1 aromatic rings. The van der Waals surface area contributed by atoms with E-state index in [0.717, 1.165) is 0 Å². The van der Waals surface area contributed by atoms with Gasteiger partial charge in [-0.25, -0.2) is 9.78 Å². The van der Waals surface area contributed by atoms with Gasteiger partial charge in [0.1, 0.15) is 5.03 Å². The molecule has 0 radical (unpaired) electrons. The molecule has 0 aliphatic heterocycles. The van der Waals surface area contributed by atoms with Gasteiger partial charge in [-0.05, 0) is 6.42 Å². The molecule has 16 heavy (non-hydrogen) atoms. The predicted molar refractivity (Wildman–Crippen MR) is 60.4 cm³/mol. The minimum atomic E-state index is -0.496. The summed E-state index contributed by atoms with van der Waals surface area (Å²) in [4.78, 5) is 19.2. The van der Waals surface area contributed by atoms with Crippen LogP contribution < -0.4 is 0 Å². The summed E-state index contributed by atoms with van der Waals surface area (Å²) >= 11 is 1.47. The van der Waals surface area contributed by atoms with E-state index in [2.05, 4.69) is 14.7 Å². The molecule has 6 heteroatoms. The Morgan fingerprint density at radius 3 is 3.00 bits per heavy atom. The van der Waals surface area contributed by atoms with Gasteiger partial charge in [0.05, 0.1) is 19.5 Å². The molecule has 1 heterocycles. The number of aliphatic hydroxyl groups is 1. The molecule has 1 N–H and O–H groups in total. The minimum Gasteiger partial charge on any atom is -0.464 e. The third-order valence-corrected chi connectivity index (χ3v) is 2.94. The molecule has 0 spiro atoms. The first-order chi connectivity index (χ1) is 7.67. The van der Waals surface area contributed by atoms with Crippen molar-refractivity contribution in [2.45, 2.75) is 23.6 Å². The molecule has 0 aromatic carbocycles. The molecule has 88 valence electrons. The summed E-state index contributed by atoms with van der Waals surface area (Å²) in [5, 5.41) is 9.66. The van der Waals surface area contributed by atoms with E-state index in [0.29, 0.717) is 11.4 Å². The number of hydrogen-bond donors (Lipinski definition) is 1. The van der Waals surface area contributed by atoms with Crippen molar-refractivity contribution in [2.24, 2.45) is 0 Å². The lowest BCUT2D eigenvalue weighted by atomic mass is 10.3. The van der Waals surface area contributed by atoms with Crippen LogP contribution >= 0.6 is 11.8 Å². The summed E-state index contributed by atoms with van der Waals surface area (Å²) in [7, 11) is 1.30. The van der Waals surface area contributed by atoms with Gasteiger partial charge in [0, 0.05) is 11.9 Å². The molecular formula is C10H14N2O3S. The van der Waals surface area contributed by atoms with Crippen molar-refractivity contribution in [3.63, 3.8) is 0 Å². The Hall–Kier alpha value is -1.14. The molecule has 0 saturated carbocycles. The Kier molecular flexibility index (Phi) is 5.21. The quantitative estimate of drug-likeness (QED) is 0.616. The van der Waals surface area contributed by atoms with Gasteiger partial charge in [-0.3, -0.25) is 4.98 Å². The molecule has 1 atom stereocenters. The third kappa shape index (κ3) is 3.79. The first kappa shape index (κ1) is 12.9. The highest BCUT2D eigenvalue weighted by Crippen LogP contribution is 2.22. The Morgan fingerprint density at radius 2 is 2.38 bits per heavy atom. The zero-order valence-corrected chi connectivity index (χ0v) is 10.0. The van der Waals surface area contributed by atoms with Crippen molar-refractivity contribution in [2.75, 3.05) is 13.7 Å². The summed E-state index contributed by atoms with van der Waals surface area (Å²) in [6.07, 6.45) is 3.63. The number of esters is 1. The van der Waals surface area contributed by atoms with Crippen LogP contribution in [0, 0.1) is 0 Å². The molecule has 0 saturated heterocycles.